The van der Waals surface area contributed by atoms with Crippen molar-refractivity contribution in [2.24, 2.45) is 0 Å². The number of amides is 2. The quantitative estimate of drug-likeness (QED) is 0.460. The zero-order valence-corrected chi connectivity index (χ0v) is 19.6. The summed E-state index contributed by atoms with van der Waals surface area (Å²) in [5.41, 5.74) is 0.910. The van der Waals surface area contributed by atoms with Crippen LogP contribution in [0.3, 0.4) is 0 Å². The Hall–Kier alpha value is -3.85. The highest BCUT2D eigenvalue weighted by Crippen LogP contribution is 2.29. The standard InChI is InChI=1S/C23H24N4O5.C2H6/c1-15(14-28)31-19-11-17(22(29)25-21-7-8-24-26-21)12-20(13-19)32-18-5-3-16(4-6-18)23(30)27-9-2-10-27;1-2/h3-8,11-13,15,28H,2,9-10,14H2,1H3,(H2,24,25,26,29);1-2H3/t15-;/m0./s1. The fourth-order valence-electron chi connectivity index (χ4n) is 3.12. The van der Waals surface area contributed by atoms with E-state index in [1.807, 2.05) is 13.8 Å². The van der Waals surface area contributed by atoms with Crippen LogP contribution in [-0.4, -0.2) is 57.8 Å². The lowest BCUT2D eigenvalue weighted by atomic mass is 10.1. The molecule has 0 spiro atoms. The summed E-state index contributed by atoms with van der Waals surface area (Å²) in [5.74, 6) is 1.35. The number of benzene rings is 2. The molecule has 1 atom stereocenters. The minimum Gasteiger partial charge on any atom is -0.488 e. The van der Waals surface area contributed by atoms with Gasteiger partial charge in [-0.2, -0.15) is 5.10 Å². The van der Waals surface area contributed by atoms with Crippen LogP contribution in [0.5, 0.6) is 17.2 Å². The van der Waals surface area contributed by atoms with Gasteiger partial charge in [0.2, 0.25) is 0 Å². The van der Waals surface area contributed by atoms with Crippen molar-refractivity contribution in [3.63, 3.8) is 0 Å². The second-order valence-corrected chi connectivity index (χ2v) is 7.50. The third kappa shape index (κ3) is 6.35. The molecule has 3 N–H and O–H groups in total. The Balaban J connectivity index is 0.00000158. The number of aliphatic hydroxyl groups is 1. The molecule has 1 saturated heterocycles. The smallest absolute Gasteiger partial charge is 0.257 e. The zero-order chi connectivity index (χ0) is 24.5. The molecule has 0 saturated carbocycles. The molecule has 0 radical (unpaired) electrons. The monoisotopic (exact) mass is 466 g/mol. The SMILES string of the molecule is CC.C[C@@H](CO)Oc1cc(Oc2ccc(C(=O)N3CCC3)cc2)cc(C(=O)Nc2ccn[nH]2)c1. The van der Waals surface area contributed by atoms with Crippen LogP contribution >= 0.6 is 0 Å². The number of nitrogens with one attached hydrogen (secondary N) is 2. The topological polar surface area (TPSA) is 117 Å². The third-order valence-electron chi connectivity index (χ3n) is 4.97. The lowest BCUT2D eigenvalue weighted by molar-refractivity contribution is 0.0651. The molecule has 9 heteroatoms. The molecule has 4 rings (SSSR count). The van der Waals surface area contributed by atoms with Crippen LogP contribution in [0.4, 0.5) is 5.82 Å². The van der Waals surface area contributed by atoms with Gasteiger partial charge in [-0.15, -0.1) is 0 Å². The van der Waals surface area contributed by atoms with Gasteiger partial charge in [-0.25, -0.2) is 0 Å². The van der Waals surface area contributed by atoms with Crippen molar-refractivity contribution in [1.29, 1.82) is 0 Å². The first kappa shape index (κ1) is 24.8. The summed E-state index contributed by atoms with van der Waals surface area (Å²) >= 11 is 0. The minimum absolute atomic E-state index is 0.00829. The number of aromatic amines is 1. The Morgan fingerprint density at radius 1 is 1.06 bits per heavy atom. The number of carbonyl (C=O) groups excluding carboxylic acids is 2. The second-order valence-electron chi connectivity index (χ2n) is 7.50. The first-order valence-corrected chi connectivity index (χ1v) is 11.3. The molecule has 0 aliphatic carbocycles. The third-order valence-corrected chi connectivity index (χ3v) is 4.97. The predicted molar refractivity (Wildman–Crippen MR) is 129 cm³/mol. The van der Waals surface area contributed by atoms with Crippen LogP contribution in [-0.2, 0) is 0 Å². The van der Waals surface area contributed by atoms with Gasteiger partial charge < -0.3 is 24.8 Å². The van der Waals surface area contributed by atoms with E-state index < -0.39 is 6.10 Å². The maximum absolute atomic E-state index is 12.7. The van der Waals surface area contributed by atoms with Crippen LogP contribution in [0.2, 0.25) is 0 Å². The van der Waals surface area contributed by atoms with E-state index in [9.17, 15) is 14.7 Å². The first-order chi connectivity index (χ1) is 16.5. The predicted octanol–water partition coefficient (Wildman–Crippen LogP) is 4.09. The molecule has 2 heterocycles. The molecule has 2 amide bonds. The number of aliphatic hydroxyl groups excluding tert-OH is 1. The van der Waals surface area contributed by atoms with Crippen molar-refractivity contribution in [2.75, 3.05) is 25.0 Å². The van der Waals surface area contributed by atoms with Gasteiger partial charge in [0.25, 0.3) is 11.8 Å². The number of likely N-dealkylation sites (tertiary alicyclic amines) is 1. The first-order valence-electron chi connectivity index (χ1n) is 11.3. The Labute approximate surface area is 198 Å². The van der Waals surface area contributed by atoms with Crippen LogP contribution in [0, 0.1) is 0 Å². The second kappa shape index (κ2) is 11.9. The molecule has 180 valence electrons. The molecule has 0 unspecified atom stereocenters. The molecule has 1 aliphatic rings. The Morgan fingerprint density at radius 2 is 1.76 bits per heavy atom. The highest BCUT2D eigenvalue weighted by atomic mass is 16.5. The van der Waals surface area contributed by atoms with Crippen LogP contribution in [0.1, 0.15) is 47.9 Å². The zero-order valence-electron chi connectivity index (χ0n) is 19.6. The average Bonchev–Trinajstić information content (AvgIpc) is 3.32. The maximum atomic E-state index is 12.7. The highest BCUT2D eigenvalue weighted by Gasteiger charge is 2.21. The van der Waals surface area contributed by atoms with E-state index in [-0.39, 0.29) is 18.4 Å². The van der Waals surface area contributed by atoms with Gasteiger partial charge in [-0.1, -0.05) is 13.8 Å². The van der Waals surface area contributed by atoms with Crippen LogP contribution in [0.15, 0.2) is 54.7 Å². The van der Waals surface area contributed by atoms with Crippen molar-refractivity contribution in [1.82, 2.24) is 15.1 Å². The van der Waals surface area contributed by atoms with Gasteiger partial charge in [0.05, 0.1) is 12.8 Å². The highest BCUT2D eigenvalue weighted by molar-refractivity contribution is 6.04. The number of anilines is 1. The Bertz CT molecular complexity index is 1080. The number of hydrogen-bond donors (Lipinski definition) is 3. The lowest BCUT2D eigenvalue weighted by Gasteiger charge is -2.30. The van der Waals surface area contributed by atoms with Gasteiger partial charge in [0, 0.05) is 36.3 Å². The molecular formula is C25H30N4O5. The molecule has 1 aliphatic heterocycles. The molecule has 2 aromatic carbocycles. The number of carbonyl (C=O) groups is 2. The van der Waals surface area contributed by atoms with Crippen molar-refractivity contribution in [2.45, 2.75) is 33.3 Å². The number of rotatable bonds is 8. The fourth-order valence-corrected chi connectivity index (χ4v) is 3.12. The molecule has 1 fully saturated rings. The molecule has 3 aromatic rings. The number of nitrogens with zero attached hydrogens (tertiary/aromatic N) is 2. The van der Waals surface area contributed by atoms with E-state index in [2.05, 4.69) is 15.5 Å². The van der Waals surface area contributed by atoms with Gasteiger partial charge in [-0.3, -0.25) is 14.7 Å². The molecular weight excluding hydrogens is 436 g/mol. The van der Waals surface area contributed by atoms with E-state index in [1.165, 1.54) is 6.20 Å². The van der Waals surface area contributed by atoms with E-state index in [0.717, 1.165) is 19.5 Å². The maximum Gasteiger partial charge on any atom is 0.257 e. The summed E-state index contributed by atoms with van der Waals surface area (Å²) in [6.45, 7) is 7.12. The van der Waals surface area contributed by atoms with Gasteiger partial charge in [-0.05, 0) is 49.7 Å². The Kier molecular flexibility index (Phi) is 8.64. The summed E-state index contributed by atoms with van der Waals surface area (Å²) in [6.07, 6.45) is 2.11. The molecule has 9 nitrogen and oxygen atoms in total. The van der Waals surface area contributed by atoms with E-state index in [0.29, 0.717) is 34.2 Å². The van der Waals surface area contributed by atoms with Gasteiger partial charge in [0.15, 0.2) is 0 Å². The summed E-state index contributed by atoms with van der Waals surface area (Å²) in [6, 6.07) is 13.3. The number of aromatic nitrogens is 2. The van der Waals surface area contributed by atoms with Gasteiger partial charge in [0.1, 0.15) is 29.2 Å². The normalized spacial score (nSPS) is 13.1. The van der Waals surface area contributed by atoms with E-state index in [1.54, 1.807) is 60.4 Å². The van der Waals surface area contributed by atoms with Crippen LogP contribution in [0.25, 0.3) is 0 Å². The van der Waals surface area contributed by atoms with E-state index >= 15 is 0 Å². The number of hydrogen-bond acceptors (Lipinski definition) is 6. The van der Waals surface area contributed by atoms with Crippen molar-refractivity contribution >= 4 is 17.6 Å². The molecule has 34 heavy (non-hydrogen) atoms. The van der Waals surface area contributed by atoms with Crippen molar-refractivity contribution in [3.05, 3.63) is 65.9 Å². The van der Waals surface area contributed by atoms with Crippen molar-refractivity contribution in [3.8, 4) is 17.2 Å². The molecule has 1 aromatic heterocycles. The fraction of sp³-hybridized carbons (Fsp3) is 0.320. The van der Waals surface area contributed by atoms with Crippen molar-refractivity contribution < 1.29 is 24.2 Å². The molecule has 0 bridgehead atoms. The summed E-state index contributed by atoms with van der Waals surface area (Å²) < 4.78 is 11.6. The summed E-state index contributed by atoms with van der Waals surface area (Å²) in [4.78, 5) is 26.8. The Morgan fingerprint density at radius 3 is 2.35 bits per heavy atom. The summed E-state index contributed by atoms with van der Waals surface area (Å²) in [7, 11) is 0. The van der Waals surface area contributed by atoms with Gasteiger partial charge >= 0.3 is 0 Å². The average molecular weight is 467 g/mol. The summed E-state index contributed by atoms with van der Waals surface area (Å²) in [5, 5.41) is 18.5. The lowest BCUT2D eigenvalue weighted by Crippen LogP contribution is -2.41. The largest absolute Gasteiger partial charge is 0.488 e. The van der Waals surface area contributed by atoms with Crippen LogP contribution < -0.4 is 14.8 Å². The minimum atomic E-state index is -0.458. The number of ether oxygens (including phenoxy) is 2. The van der Waals surface area contributed by atoms with E-state index in [4.69, 9.17) is 9.47 Å². The number of H-pyrrole nitrogens is 1.